The molecule has 0 bridgehead atoms. The summed E-state index contributed by atoms with van der Waals surface area (Å²) in [5.74, 6) is -1.79. The van der Waals surface area contributed by atoms with Crippen LogP contribution in [0.2, 0.25) is 0 Å². The first-order valence-corrected chi connectivity index (χ1v) is 11.1. The van der Waals surface area contributed by atoms with E-state index >= 15 is 0 Å². The number of methoxy groups -OCH3 is 2. The van der Waals surface area contributed by atoms with E-state index in [2.05, 4.69) is 10.1 Å². The van der Waals surface area contributed by atoms with Crippen molar-refractivity contribution in [3.05, 3.63) is 101 Å². The van der Waals surface area contributed by atoms with Gasteiger partial charge in [-0.1, -0.05) is 42.5 Å². The van der Waals surface area contributed by atoms with Crippen molar-refractivity contribution in [2.24, 2.45) is 0 Å². The lowest BCUT2D eigenvalue weighted by Gasteiger charge is -2.42. The summed E-state index contributed by atoms with van der Waals surface area (Å²) in [7, 11) is 2.80. The number of ether oxygens (including phenoxy) is 2. The molecule has 7 nitrogen and oxygen atoms in total. The maximum Gasteiger partial charge on any atom is 0.325 e. The highest BCUT2D eigenvalue weighted by Crippen LogP contribution is 2.43. The van der Waals surface area contributed by atoms with Gasteiger partial charge in [0, 0.05) is 12.1 Å². The number of esters is 1. The molecule has 3 aromatic rings. The fraction of sp³-hybridized carbons (Fsp3) is 0.222. The van der Waals surface area contributed by atoms with Crippen LogP contribution in [-0.4, -0.2) is 43.4 Å². The Morgan fingerprint density at radius 2 is 1.66 bits per heavy atom. The van der Waals surface area contributed by atoms with Gasteiger partial charge in [0.15, 0.2) is 0 Å². The fourth-order valence-corrected chi connectivity index (χ4v) is 4.35. The van der Waals surface area contributed by atoms with Gasteiger partial charge < -0.3 is 19.7 Å². The lowest BCUT2D eigenvalue weighted by molar-refractivity contribution is -0.141. The van der Waals surface area contributed by atoms with E-state index in [-0.39, 0.29) is 24.8 Å². The topological polar surface area (TPSA) is 84.9 Å². The van der Waals surface area contributed by atoms with E-state index < -0.39 is 23.8 Å². The SMILES string of the molecule is COC(=O)CNC(=O)[C@@H]1c2ccccc2C(=O)N(Cc2ccc(F)cc2)[C@H]1c1ccc(OC)cc1. The first-order chi connectivity index (χ1) is 16.9. The molecule has 4 rings (SSSR count). The number of carbonyl (C=O) groups is 3. The first-order valence-electron chi connectivity index (χ1n) is 11.1. The summed E-state index contributed by atoms with van der Waals surface area (Å²) in [5.41, 5.74) is 2.40. The Morgan fingerprint density at radius 3 is 2.31 bits per heavy atom. The number of nitrogens with one attached hydrogen (secondary N) is 1. The van der Waals surface area contributed by atoms with E-state index in [9.17, 15) is 18.8 Å². The molecule has 8 heteroatoms. The molecule has 0 unspecified atom stereocenters. The molecule has 3 aromatic carbocycles. The first kappa shape index (κ1) is 23.9. The van der Waals surface area contributed by atoms with Crippen molar-refractivity contribution in [1.82, 2.24) is 10.2 Å². The molecular weight excluding hydrogens is 451 g/mol. The van der Waals surface area contributed by atoms with Crippen LogP contribution < -0.4 is 10.1 Å². The van der Waals surface area contributed by atoms with Crippen LogP contribution in [0.15, 0.2) is 72.8 Å². The second kappa shape index (κ2) is 10.4. The van der Waals surface area contributed by atoms with E-state index in [1.807, 2.05) is 12.1 Å². The third-order valence-electron chi connectivity index (χ3n) is 6.08. The molecule has 0 fully saturated rings. The van der Waals surface area contributed by atoms with Gasteiger partial charge in [-0.25, -0.2) is 4.39 Å². The number of fused-ring (bicyclic) bond motifs is 1. The minimum Gasteiger partial charge on any atom is -0.497 e. The Morgan fingerprint density at radius 1 is 0.971 bits per heavy atom. The third kappa shape index (κ3) is 5.01. The molecule has 180 valence electrons. The van der Waals surface area contributed by atoms with Gasteiger partial charge in [0.2, 0.25) is 5.91 Å². The van der Waals surface area contributed by atoms with Crippen molar-refractivity contribution < 1.29 is 28.2 Å². The van der Waals surface area contributed by atoms with E-state index in [4.69, 9.17) is 4.74 Å². The lowest BCUT2D eigenvalue weighted by atomic mass is 9.79. The molecule has 1 aliphatic rings. The van der Waals surface area contributed by atoms with Crippen LogP contribution in [0.4, 0.5) is 4.39 Å². The predicted octanol–water partition coefficient (Wildman–Crippen LogP) is 3.60. The molecule has 0 aliphatic carbocycles. The zero-order valence-corrected chi connectivity index (χ0v) is 19.4. The zero-order chi connectivity index (χ0) is 24.9. The zero-order valence-electron chi connectivity index (χ0n) is 19.4. The summed E-state index contributed by atoms with van der Waals surface area (Å²) in [6.45, 7) is -0.139. The van der Waals surface area contributed by atoms with E-state index in [0.717, 1.165) is 0 Å². The maximum atomic E-state index is 13.7. The Hall–Kier alpha value is -4.20. The molecule has 0 aromatic heterocycles. The maximum absolute atomic E-state index is 13.7. The predicted molar refractivity (Wildman–Crippen MR) is 126 cm³/mol. The van der Waals surface area contributed by atoms with Gasteiger partial charge in [-0.15, -0.1) is 0 Å². The van der Waals surface area contributed by atoms with Crippen LogP contribution in [0, 0.1) is 5.82 Å². The van der Waals surface area contributed by atoms with Crippen LogP contribution in [0.1, 0.15) is 39.0 Å². The highest BCUT2D eigenvalue weighted by atomic mass is 19.1. The van der Waals surface area contributed by atoms with Crippen molar-refractivity contribution >= 4 is 17.8 Å². The van der Waals surface area contributed by atoms with E-state index in [1.165, 1.54) is 19.2 Å². The number of hydrogen-bond donors (Lipinski definition) is 1. The second-order valence-electron chi connectivity index (χ2n) is 8.14. The summed E-state index contributed by atoms with van der Waals surface area (Å²) in [5, 5.41) is 2.65. The molecule has 1 aliphatic heterocycles. The Kier molecular flexibility index (Phi) is 7.10. The standard InChI is InChI=1S/C27H25FN2O5/c1-34-20-13-9-18(10-14-20)25-24(26(32)29-15-23(31)35-2)21-5-3-4-6-22(21)27(33)30(25)16-17-7-11-19(28)12-8-17/h3-14,24-25H,15-16H2,1-2H3,(H,29,32)/t24-,25+/m1/s1. The summed E-state index contributed by atoms with van der Waals surface area (Å²) in [4.78, 5) is 40.5. The van der Waals surface area contributed by atoms with Crippen molar-refractivity contribution in [2.45, 2.75) is 18.5 Å². The molecule has 0 spiro atoms. The normalized spacial score (nSPS) is 16.9. The lowest BCUT2D eigenvalue weighted by Crippen LogP contribution is -2.47. The third-order valence-corrected chi connectivity index (χ3v) is 6.08. The average Bonchev–Trinajstić information content (AvgIpc) is 2.89. The number of carbonyl (C=O) groups excluding carboxylic acids is 3. The molecular formula is C27H25FN2O5. The summed E-state index contributed by atoms with van der Waals surface area (Å²) >= 11 is 0. The van der Waals surface area contributed by atoms with Gasteiger partial charge in [-0.3, -0.25) is 14.4 Å². The van der Waals surface area contributed by atoms with Gasteiger partial charge >= 0.3 is 5.97 Å². The molecule has 1 heterocycles. The fourth-order valence-electron chi connectivity index (χ4n) is 4.35. The van der Waals surface area contributed by atoms with Crippen LogP contribution in [-0.2, 0) is 20.9 Å². The van der Waals surface area contributed by atoms with E-state index in [0.29, 0.717) is 28.0 Å². The number of rotatable bonds is 7. The van der Waals surface area contributed by atoms with Crippen LogP contribution in [0.3, 0.4) is 0 Å². The number of nitrogens with zero attached hydrogens (tertiary/aromatic N) is 1. The molecule has 0 radical (unpaired) electrons. The summed E-state index contributed by atoms with van der Waals surface area (Å²) in [6.07, 6.45) is 0. The van der Waals surface area contributed by atoms with Crippen molar-refractivity contribution in [3.63, 3.8) is 0 Å². The number of benzene rings is 3. The molecule has 0 saturated heterocycles. The highest BCUT2D eigenvalue weighted by Gasteiger charge is 2.44. The van der Waals surface area contributed by atoms with Gasteiger partial charge in [-0.2, -0.15) is 0 Å². The Bertz CT molecular complexity index is 1230. The van der Waals surface area contributed by atoms with Crippen LogP contribution >= 0.6 is 0 Å². The quantitative estimate of drug-likeness (QED) is 0.527. The molecule has 0 saturated carbocycles. The minimum atomic E-state index is -0.803. The number of halogens is 1. The largest absolute Gasteiger partial charge is 0.497 e. The monoisotopic (exact) mass is 476 g/mol. The van der Waals surface area contributed by atoms with Crippen LogP contribution in [0.25, 0.3) is 0 Å². The second-order valence-corrected chi connectivity index (χ2v) is 8.14. The minimum absolute atomic E-state index is 0.158. The Labute approximate surface area is 202 Å². The summed E-state index contributed by atoms with van der Waals surface area (Å²) < 4.78 is 23.4. The highest BCUT2D eigenvalue weighted by molar-refractivity contribution is 6.01. The van der Waals surface area contributed by atoms with Gasteiger partial charge in [0.1, 0.15) is 18.1 Å². The van der Waals surface area contributed by atoms with Crippen molar-refractivity contribution in [3.8, 4) is 5.75 Å². The molecule has 2 amide bonds. The van der Waals surface area contributed by atoms with Crippen molar-refractivity contribution in [1.29, 1.82) is 0 Å². The number of hydrogen-bond acceptors (Lipinski definition) is 5. The van der Waals surface area contributed by atoms with E-state index in [1.54, 1.807) is 60.5 Å². The molecule has 2 atom stereocenters. The smallest absolute Gasteiger partial charge is 0.325 e. The van der Waals surface area contributed by atoms with Gasteiger partial charge in [-0.05, 0) is 47.0 Å². The summed E-state index contributed by atoms with van der Waals surface area (Å²) in [6, 6.07) is 19.3. The average molecular weight is 477 g/mol. The van der Waals surface area contributed by atoms with Gasteiger partial charge in [0.05, 0.1) is 26.2 Å². The molecule has 35 heavy (non-hydrogen) atoms. The van der Waals surface area contributed by atoms with Crippen molar-refractivity contribution in [2.75, 3.05) is 20.8 Å². The van der Waals surface area contributed by atoms with Crippen LogP contribution in [0.5, 0.6) is 5.75 Å². The molecule has 1 N–H and O–H groups in total. The van der Waals surface area contributed by atoms with Gasteiger partial charge in [0.25, 0.3) is 5.91 Å². The number of amides is 2. The Balaban J connectivity index is 1.82.